The lowest BCUT2D eigenvalue weighted by atomic mass is 10.3. The average molecular weight is 205 g/mol. The molecule has 0 unspecified atom stereocenters. The van der Waals surface area contributed by atoms with Crippen LogP contribution in [0.2, 0.25) is 0 Å². The molecule has 0 atom stereocenters. The molecule has 0 saturated carbocycles. The summed E-state index contributed by atoms with van der Waals surface area (Å²) < 4.78 is 0. The van der Waals surface area contributed by atoms with Crippen molar-refractivity contribution in [2.75, 3.05) is 4.84 Å². The van der Waals surface area contributed by atoms with E-state index in [-0.39, 0.29) is 5.69 Å². The summed E-state index contributed by atoms with van der Waals surface area (Å²) in [7, 11) is 0. The first kappa shape index (κ1) is 9.15. The van der Waals surface area contributed by atoms with Gasteiger partial charge >= 0.3 is 0 Å². The van der Waals surface area contributed by atoms with Crippen molar-refractivity contribution in [3.8, 4) is 0 Å². The van der Waals surface area contributed by atoms with Gasteiger partial charge in [0.25, 0.3) is 5.69 Å². The molecule has 1 aromatic rings. The van der Waals surface area contributed by atoms with Crippen LogP contribution in [0.5, 0.6) is 0 Å². The van der Waals surface area contributed by atoms with Gasteiger partial charge in [0.1, 0.15) is 0 Å². The molecule has 0 fully saturated rings. The lowest BCUT2D eigenvalue weighted by Crippen LogP contribution is -1.89. The summed E-state index contributed by atoms with van der Waals surface area (Å²) >= 11 is 9.31. The minimum Gasteiger partial charge on any atom is -0.297 e. The molecule has 0 bridgehead atoms. The number of nitro groups is 1. The molecule has 0 aliphatic heterocycles. The Bertz CT molecular complexity index is 318. The zero-order chi connectivity index (χ0) is 9.14. The molecule has 0 saturated heterocycles. The van der Waals surface area contributed by atoms with Crippen LogP contribution in [0.25, 0.3) is 0 Å². The van der Waals surface area contributed by atoms with Crippen LogP contribution in [-0.2, 0) is 0 Å². The van der Waals surface area contributed by atoms with Crippen LogP contribution in [0.4, 0.5) is 11.4 Å². The second-order valence-corrected chi connectivity index (χ2v) is 2.72. The van der Waals surface area contributed by atoms with E-state index >= 15 is 0 Å². The normalized spacial score (nSPS) is 9.50. The standard InChI is InChI=1S/C6H5ClN2O2S/c7-8-5-3-4(9(10)11)1-2-6(5)12/h1-3,8,12H. The van der Waals surface area contributed by atoms with Crippen LogP contribution in [0.1, 0.15) is 0 Å². The van der Waals surface area contributed by atoms with Gasteiger partial charge in [0.2, 0.25) is 0 Å². The predicted molar refractivity (Wildman–Crippen MR) is 49.8 cm³/mol. The van der Waals surface area contributed by atoms with Gasteiger partial charge in [0, 0.05) is 28.8 Å². The zero-order valence-corrected chi connectivity index (χ0v) is 7.47. The van der Waals surface area contributed by atoms with Crippen molar-refractivity contribution >= 4 is 35.8 Å². The van der Waals surface area contributed by atoms with Crippen molar-refractivity contribution < 1.29 is 4.92 Å². The number of thiol groups is 1. The molecule has 4 nitrogen and oxygen atoms in total. The van der Waals surface area contributed by atoms with E-state index in [0.29, 0.717) is 10.6 Å². The number of nitrogens with zero attached hydrogens (tertiary/aromatic N) is 1. The van der Waals surface area contributed by atoms with Crippen molar-refractivity contribution in [1.29, 1.82) is 0 Å². The summed E-state index contributed by atoms with van der Waals surface area (Å²) in [4.78, 5) is 12.6. The Kier molecular flexibility index (Phi) is 2.78. The fraction of sp³-hybridized carbons (Fsp3) is 0. The van der Waals surface area contributed by atoms with Gasteiger partial charge in [-0.3, -0.25) is 15.0 Å². The van der Waals surface area contributed by atoms with E-state index in [1.165, 1.54) is 18.2 Å². The van der Waals surface area contributed by atoms with E-state index in [2.05, 4.69) is 17.5 Å². The second-order valence-electron chi connectivity index (χ2n) is 2.05. The highest BCUT2D eigenvalue weighted by atomic mass is 35.5. The zero-order valence-electron chi connectivity index (χ0n) is 5.82. The van der Waals surface area contributed by atoms with E-state index in [1.54, 1.807) is 0 Å². The topological polar surface area (TPSA) is 55.2 Å². The second kappa shape index (κ2) is 3.64. The molecule has 0 radical (unpaired) electrons. The average Bonchev–Trinajstić information content (AvgIpc) is 2.05. The minimum atomic E-state index is -0.495. The monoisotopic (exact) mass is 204 g/mol. The number of anilines is 1. The molecule has 1 N–H and O–H groups in total. The number of hydrogen-bond donors (Lipinski definition) is 2. The first-order valence-corrected chi connectivity index (χ1v) is 3.81. The Hall–Kier alpha value is -0.940. The van der Waals surface area contributed by atoms with Gasteiger partial charge in [-0.05, 0) is 6.07 Å². The number of benzene rings is 1. The maximum Gasteiger partial charge on any atom is 0.271 e. The smallest absolute Gasteiger partial charge is 0.271 e. The number of nitrogens with one attached hydrogen (secondary N) is 1. The van der Waals surface area contributed by atoms with E-state index in [4.69, 9.17) is 11.8 Å². The van der Waals surface area contributed by atoms with Crippen molar-refractivity contribution in [1.82, 2.24) is 0 Å². The number of nitro benzene ring substituents is 1. The van der Waals surface area contributed by atoms with Crippen LogP contribution in [0, 0.1) is 10.1 Å². The van der Waals surface area contributed by atoms with Gasteiger partial charge in [-0.2, -0.15) is 0 Å². The Balaban J connectivity index is 3.13. The van der Waals surface area contributed by atoms with Crippen LogP contribution in [0.15, 0.2) is 23.1 Å². The highest BCUT2D eigenvalue weighted by molar-refractivity contribution is 7.80. The molecule has 6 heteroatoms. The molecule has 64 valence electrons. The van der Waals surface area contributed by atoms with Gasteiger partial charge in [-0.1, -0.05) is 0 Å². The van der Waals surface area contributed by atoms with Crippen LogP contribution >= 0.6 is 24.4 Å². The van der Waals surface area contributed by atoms with Gasteiger partial charge in [-0.25, -0.2) is 0 Å². The Morgan fingerprint density at radius 3 is 2.75 bits per heavy atom. The Labute approximate surface area is 79.2 Å². The Morgan fingerprint density at radius 1 is 1.58 bits per heavy atom. The first-order valence-electron chi connectivity index (χ1n) is 2.99. The fourth-order valence-corrected chi connectivity index (χ4v) is 1.13. The molecule has 0 amide bonds. The molecule has 0 heterocycles. The maximum atomic E-state index is 10.3. The largest absolute Gasteiger partial charge is 0.297 e. The van der Waals surface area contributed by atoms with Gasteiger partial charge in [0.15, 0.2) is 0 Å². The number of hydrogen-bond acceptors (Lipinski definition) is 4. The first-order chi connectivity index (χ1) is 5.65. The summed E-state index contributed by atoms with van der Waals surface area (Å²) in [5.74, 6) is 0. The van der Waals surface area contributed by atoms with Crippen molar-refractivity contribution in [3.05, 3.63) is 28.3 Å². The quantitative estimate of drug-likeness (QED) is 0.337. The molecular weight excluding hydrogens is 200 g/mol. The summed E-state index contributed by atoms with van der Waals surface area (Å²) in [6.07, 6.45) is 0. The van der Waals surface area contributed by atoms with E-state index in [0.717, 1.165) is 0 Å². The van der Waals surface area contributed by atoms with Gasteiger partial charge < -0.3 is 0 Å². The summed E-state index contributed by atoms with van der Waals surface area (Å²) in [6.45, 7) is 0. The number of rotatable bonds is 2. The summed E-state index contributed by atoms with van der Waals surface area (Å²) in [5, 5.41) is 10.3. The van der Waals surface area contributed by atoms with Crippen molar-refractivity contribution in [2.45, 2.75) is 4.90 Å². The van der Waals surface area contributed by atoms with Gasteiger partial charge in [0.05, 0.1) is 10.6 Å². The van der Waals surface area contributed by atoms with Crippen LogP contribution in [0.3, 0.4) is 0 Å². The third kappa shape index (κ3) is 1.80. The highest BCUT2D eigenvalue weighted by Crippen LogP contribution is 2.25. The minimum absolute atomic E-state index is 0.0176. The number of halogens is 1. The van der Waals surface area contributed by atoms with E-state index < -0.39 is 4.92 Å². The van der Waals surface area contributed by atoms with Crippen molar-refractivity contribution in [2.24, 2.45) is 0 Å². The lowest BCUT2D eigenvalue weighted by Gasteiger charge is -2.00. The van der Waals surface area contributed by atoms with Gasteiger partial charge in [-0.15, -0.1) is 12.6 Å². The maximum absolute atomic E-state index is 10.3. The number of non-ortho nitro benzene ring substituents is 1. The molecule has 1 rings (SSSR count). The predicted octanol–water partition coefficient (Wildman–Crippen LogP) is 2.45. The SMILES string of the molecule is O=[N+]([O-])c1ccc(S)c(NCl)c1. The summed E-state index contributed by atoms with van der Waals surface area (Å²) in [6, 6.07) is 4.18. The molecule has 0 aliphatic carbocycles. The molecular formula is C6H5ClN2O2S. The molecule has 0 aliphatic rings. The lowest BCUT2D eigenvalue weighted by molar-refractivity contribution is -0.384. The highest BCUT2D eigenvalue weighted by Gasteiger charge is 2.07. The third-order valence-corrected chi connectivity index (χ3v) is 1.89. The van der Waals surface area contributed by atoms with E-state index in [1.807, 2.05) is 0 Å². The van der Waals surface area contributed by atoms with E-state index in [9.17, 15) is 10.1 Å². The third-order valence-electron chi connectivity index (χ3n) is 1.29. The molecule has 0 aromatic heterocycles. The molecule has 12 heavy (non-hydrogen) atoms. The molecule has 1 aromatic carbocycles. The molecule has 0 spiro atoms. The van der Waals surface area contributed by atoms with Crippen molar-refractivity contribution in [3.63, 3.8) is 0 Å². The summed E-state index contributed by atoms with van der Waals surface area (Å²) in [5.41, 5.74) is 0.408. The van der Waals surface area contributed by atoms with Crippen LogP contribution in [-0.4, -0.2) is 4.92 Å². The Morgan fingerprint density at radius 2 is 2.25 bits per heavy atom. The van der Waals surface area contributed by atoms with Crippen LogP contribution < -0.4 is 4.84 Å². The fourth-order valence-electron chi connectivity index (χ4n) is 0.713.